The maximum Gasteiger partial charge on any atom is 0.200 e. The van der Waals surface area contributed by atoms with E-state index in [2.05, 4.69) is 29.9 Å². The van der Waals surface area contributed by atoms with Gasteiger partial charge < -0.3 is 9.97 Å². The average molecular weight is 1380 g/mol. The zero-order chi connectivity index (χ0) is 68.8. The van der Waals surface area contributed by atoms with Crippen LogP contribution in [-0.4, -0.2) is 29.9 Å². The van der Waals surface area contributed by atoms with Crippen LogP contribution in [0.15, 0.2) is 41.1 Å². The van der Waals surface area contributed by atoms with E-state index in [9.17, 15) is 22.0 Å². The van der Waals surface area contributed by atoms with E-state index in [0.717, 1.165) is 35.6 Å². The van der Waals surface area contributed by atoms with Gasteiger partial charge >= 0.3 is 0 Å². The van der Waals surface area contributed by atoms with Crippen molar-refractivity contribution in [3.63, 3.8) is 0 Å². The molecule has 32 heteroatoms. The van der Waals surface area contributed by atoms with Gasteiger partial charge in [-0.3, -0.25) is 0 Å². The number of aromatic nitrogens is 6. The second-order valence-electron chi connectivity index (χ2n) is 20.4. The van der Waals surface area contributed by atoms with Crippen molar-refractivity contribution in [3.05, 3.63) is 232 Å². The normalized spacial score (nSPS) is 12.5. The molecule has 5 aromatic carbocycles. The van der Waals surface area contributed by atoms with Crippen molar-refractivity contribution < 1.29 is 110 Å². The van der Waals surface area contributed by atoms with Crippen LogP contribution in [0.5, 0.6) is 0 Å². The fraction of sp³-hybridized carbons (Fsp3) is 0. The Morgan fingerprint density at radius 1 is 0.198 bits per heavy atom. The highest BCUT2D eigenvalue weighted by atomic mass is 32.1. The minimum Gasteiger partial charge on any atom is -0.354 e. The first-order valence-corrected chi connectivity index (χ1v) is 27.3. The highest BCUT2D eigenvalue weighted by Crippen LogP contribution is 2.47. The Morgan fingerprint density at radius 2 is 0.375 bits per heavy atom. The van der Waals surface area contributed by atoms with Gasteiger partial charge in [0.25, 0.3) is 0 Å². The number of halogens is 25. The number of benzene rings is 5. The summed E-state index contributed by atoms with van der Waals surface area (Å²) in [6.07, 6.45) is 5.04. The molecule has 96 heavy (non-hydrogen) atoms. The summed E-state index contributed by atoms with van der Waals surface area (Å²) in [5, 5.41) is 2.78. The van der Waals surface area contributed by atoms with Crippen LogP contribution in [0.3, 0.4) is 0 Å². The number of aromatic amines is 2. The topological polar surface area (TPSA) is 83.1 Å². The predicted molar refractivity (Wildman–Crippen MR) is 297 cm³/mol. The number of hydrogen-bond acceptors (Lipinski definition) is 5. The number of nitrogens with one attached hydrogen (secondary N) is 2. The van der Waals surface area contributed by atoms with Gasteiger partial charge in [-0.1, -0.05) is 0 Å². The van der Waals surface area contributed by atoms with Crippen LogP contribution in [0.4, 0.5) is 110 Å². The highest BCUT2D eigenvalue weighted by molar-refractivity contribution is 7.08. The third-order valence-corrected chi connectivity index (χ3v) is 15.9. The largest absolute Gasteiger partial charge is 0.354 e. The molecule has 13 rings (SSSR count). The van der Waals surface area contributed by atoms with Gasteiger partial charge in [-0.05, 0) is 95.3 Å². The fourth-order valence-corrected chi connectivity index (χ4v) is 11.5. The lowest BCUT2D eigenvalue weighted by molar-refractivity contribution is 0.381. The van der Waals surface area contributed by atoms with Crippen LogP contribution < -0.4 is 0 Å². The molecule has 4 aromatic heterocycles. The van der Waals surface area contributed by atoms with Crippen molar-refractivity contribution in [1.82, 2.24) is 29.9 Å². The van der Waals surface area contributed by atoms with Crippen LogP contribution in [0.25, 0.3) is 137 Å². The van der Waals surface area contributed by atoms with E-state index >= 15 is 87.8 Å². The molecule has 0 saturated carbocycles. The predicted octanol–water partition coefficient (Wildman–Crippen LogP) is 20.2. The molecule has 484 valence electrons. The number of fused-ring (bicyclic) bond motifs is 12. The Morgan fingerprint density at radius 3 is 0.583 bits per heavy atom. The maximum absolute atomic E-state index is 16.4. The zero-order valence-electron chi connectivity index (χ0n) is 45.8. The number of H-pyrrole nitrogens is 2. The zero-order valence-corrected chi connectivity index (χ0v) is 46.6. The molecule has 2 N–H and O–H groups in total. The smallest absolute Gasteiger partial charge is 0.200 e. The Balaban J connectivity index is 1.31. The highest BCUT2D eigenvalue weighted by Gasteiger charge is 2.37. The molecule has 0 saturated heterocycles. The van der Waals surface area contributed by atoms with Crippen LogP contribution >= 0.6 is 11.3 Å². The van der Waals surface area contributed by atoms with Gasteiger partial charge in [-0.25, -0.2) is 130 Å². The molecule has 0 unspecified atom stereocenters. The molecule has 0 radical (unpaired) electrons. The molecule has 0 atom stereocenters. The van der Waals surface area contributed by atoms with Crippen molar-refractivity contribution in [2.75, 3.05) is 0 Å². The summed E-state index contributed by atoms with van der Waals surface area (Å²) in [5.74, 6) is -67.9. The molecule has 0 aliphatic carbocycles. The summed E-state index contributed by atoms with van der Waals surface area (Å²) < 4.78 is 393. The van der Waals surface area contributed by atoms with Crippen molar-refractivity contribution in [1.29, 1.82) is 0 Å². The minimum absolute atomic E-state index is 0.0501. The molecule has 0 spiro atoms. The Labute approximate surface area is 519 Å². The summed E-state index contributed by atoms with van der Waals surface area (Å²) in [6, 6.07) is 4.23. The van der Waals surface area contributed by atoms with E-state index in [0.29, 0.717) is 48.6 Å². The SMILES string of the molecule is Fc1c(F)c(F)c(-c2c3nc(c(-c4ccsc4)c4ccc([nH]4)c(-c4c(F)c(F)c(F)c(F)c4F)c4nc(c(-c5c(F)c(F)c(F)c(F)c5F)c5nc(c(-c6c(F)c(F)c(F)c(F)c6F)c6ccc([nH]6)c(-c6c(F)c(F)c(F)c(F)c6F)c6nc2C=C6)C=C5)C=C4)C=C3)c(F)c1F. The van der Waals surface area contributed by atoms with E-state index in [1.165, 1.54) is 16.8 Å². The van der Waals surface area contributed by atoms with Gasteiger partial charge in [0.1, 0.15) is 0 Å². The standard InChI is InChI=1S/C64H17F25N6S/c65-40-35(41(66)51(76)60(85)50(40)75)30-19-3-1-17(90-19)29(16-13-14-96-15-16)18-2-4-20(91-18)31(36-42(67)52(77)61(86)53(78)43(36)68)22-6-8-24(93-22)33(38-46(71)56(81)63(88)57(82)47(38)72)26-10-12-28(95-26)34(39-48(73)58(83)64(89)59(84)49(39)74)27-11-9-25(94-27)32(23-7-5-21(30)92-23)37-44(69)54(79)62(87)55(80)45(37)70/h1-15,90,95H. The van der Waals surface area contributed by atoms with Gasteiger partial charge in [0.15, 0.2) is 116 Å². The van der Waals surface area contributed by atoms with Gasteiger partial charge in [0.05, 0.1) is 73.4 Å². The molecule has 4 aliphatic rings. The summed E-state index contributed by atoms with van der Waals surface area (Å²) in [4.78, 5) is 21.3. The summed E-state index contributed by atoms with van der Waals surface area (Å²) >= 11 is 0.946. The van der Waals surface area contributed by atoms with E-state index in [-0.39, 0.29) is 16.6 Å². The van der Waals surface area contributed by atoms with Crippen LogP contribution in [0.1, 0.15) is 45.6 Å². The van der Waals surface area contributed by atoms with Crippen molar-refractivity contribution >= 4 is 82.0 Å². The lowest BCUT2D eigenvalue weighted by atomic mass is 10.00. The average Bonchev–Trinajstić information content (AvgIpc) is 1.57. The molecule has 6 nitrogen and oxygen atoms in total. The van der Waals surface area contributed by atoms with E-state index in [1.54, 1.807) is 0 Å². The molecular weight excluding hydrogens is 1360 g/mol. The van der Waals surface area contributed by atoms with Crippen LogP contribution in [0, 0.1) is 145 Å². The molecular formula is C64H17F25N6S. The third-order valence-electron chi connectivity index (χ3n) is 15.2. The minimum atomic E-state index is -2.85. The Hall–Kier alpha value is -11.1. The molecule has 8 heterocycles. The first-order chi connectivity index (χ1) is 45.5. The van der Waals surface area contributed by atoms with Gasteiger partial charge in [0.2, 0.25) is 29.1 Å². The Kier molecular flexibility index (Phi) is 15.4. The molecule has 0 amide bonds. The fourth-order valence-electron chi connectivity index (χ4n) is 10.9. The Bertz CT molecular complexity index is 5410. The third kappa shape index (κ3) is 9.52. The van der Waals surface area contributed by atoms with Gasteiger partial charge in [0, 0.05) is 55.4 Å². The molecule has 12 bridgehead atoms. The van der Waals surface area contributed by atoms with Crippen molar-refractivity contribution in [3.8, 4) is 66.8 Å². The van der Waals surface area contributed by atoms with Crippen molar-refractivity contribution in [2.24, 2.45) is 0 Å². The van der Waals surface area contributed by atoms with Crippen LogP contribution in [-0.2, 0) is 0 Å². The van der Waals surface area contributed by atoms with Gasteiger partial charge in [-0.15, -0.1) is 0 Å². The summed E-state index contributed by atoms with van der Waals surface area (Å²) in [7, 11) is 0. The maximum atomic E-state index is 16.4. The quantitative estimate of drug-likeness (QED) is 0.0987. The lowest BCUT2D eigenvalue weighted by Gasteiger charge is -2.12. The second kappa shape index (κ2) is 23.2. The lowest BCUT2D eigenvalue weighted by Crippen LogP contribution is -2.06. The van der Waals surface area contributed by atoms with Gasteiger partial charge in [-0.2, -0.15) is 11.3 Å². The molecule has 9 aromatic rings. The second-order valence-corrected chi connectivity index (χ2v) is 21.2. The number of rotatable bonds is 6. The van der Waals surface area contributed by atoms with Crippen molar-refractivity contribution in [2.45, 2.75) is 0 Å². The molecule has 0 fully saturated rings. The number of hydrogen-bond donors (Lipinski definition) is 2. The number of nitrogens with zero attached hydrogens (tertiary/aromatic N) is 4. The van der Waals surface area contributed by atoms with E-state index in [4.69, 9.17) is 0 Å². The summed E-state index contributed by atoms with van der Waals surface area (Å²) in [5.41, 5.74) is -28.5. The van der Waals surface area contributed by atoms with E-state index in [1.807, 2.05) is 0 Å². The first kappa shape index (κ1) is 63.7. The van der Waals surface area contributed by atoms with Crippen LogP contribution in [0.2, 0.25) is 0 Å². The molecule has 4 aliphatic heterocycles. The monoisotopic (exact) mass is 1380 g/mol. The summed E-state index contributed by atoms with van der Waals surface area (Å²) in [6.45, 7) is 0. The first-order valence-electron chi connectivity index (χ1n) is 26.4. The number of thiophene rings is 1. The van der Waals surface area contributed by atoms with E-state index < -0.39 is 263 Å².